The predicted molar refractivity (Wildman–Crippen MR) is 39.0 cm³/mol. The van der Waals surface area contributed by atoms with Gasteiger partial charge in [-0.2, -0.15) is 0 Å². The van der Waals surface area contributed by atoms with Gasteiger partial charge in [0.25, 0.3) is 0 Å². The summed E-state index contributed by atoms with van der Waals surface area (Å²) in [5, 5.41) is 18.8. The lowest BCUT2D eigenvalue weighted by atomic mass is 9.99. The van der Waals surface area contributed by atoms with Crippen LogP contribution < -0.4 is 0 Å². The molecule has 0 amide bonds. The summed E-state index contributed by atoms with van der Waals surface area (Å²) in [6.45, 7) is 3.69. The Morgan fingerprint density at radius 1 is 1.36 bits per heavy atom. The maximum absolute atomic E-state index is 9.40. The Morgan fingerprint density at radius 3 is 2.82 bits per heavy atom. The highest BCUT2D eigenvalue weighted by Crippen LogP contribution is 2.35. The molecule has 0 aliphatic carbocycles. The molecule has 0 aromatic heterocycles. The number of aliphatic hydroxyl groups excluding tert-OH is 2. The fraction of sp³-hybridized carbons (Fsp3) is 0.750. The molecule has 0 saturated carbocycles. The summed E-state index contributed by atoms with van der Waals surface area (Å²) < 4.78 is 5.38. The van der Waals surface area contributed by atoms with Crippen molar-refractivity contribution in [3.8, 4) is 0 Å². The monoisotopic (exact) mass is 156 g/mol. The number of rotatable bonds is 0. The normalized spacial score (nSPS) is 49.8. The van der Waals surface area contributed by atoms with Crippen LogP contribution in [0.15, 0.2) is 12.2 Å². The smallest absolute Gasteiger partial charge is 0.110 e. The standard InChI is InChI=1S/C8H12O3/c1-4-5-2-3-6(11-5)8(10)7(4)9/h5-10H,1-3H2/t5-,6+,7-,8-/m1/s1. The van der Waals surface area contributed by atoms with Crippen LogP contribution in [0.4, 0.5) is 0 Å². The van der Waals surface area contributed by atoms with E-state index in [2.05, 4.69) is 6.58 Å². The molecule has 2 aliphatic rings. The molecular formula is C8H12O3. The van der Waals surface area contributed by atoms with Crippen LogP contribution in [0, 0.1) is 0 Å². The molecule has 2 aliphatic heterocycles. The zero-order valence-corrected chi connectivity index (χ0v) is 6.23. The van der Waals surface area contributed by atoms with Crippen molar-refractivity contribution in [1.29, 1.82) is 0 Å². The molecule has 2 fully saturated rings. The van der Waals surface area contributed by atoms with Crippen LogP contribution in [-0.4, -0.2) is 34.6 Å². The molecule has 0 unspecified atom stereocenters. The Morgan fingerprint density at radius 2 is 2.09 bits per heavy atom. The number of aliphatic hydroxyl groups is 2. The van der Waals surface area contributed by atoms with Crippen LogP contribution >= 0.6 is 0 Å². The lowest BCUT2D eigenvalue weighted by molar-refractivity contribution is -0.104. The van der Waals surface area contributed by atoms with Crippen LogP contribution in [0.25, 0.3) is 0 Å². The van der Waals surface area contributed by atoms with Crippen molar-refractivity contribution in [1.82, 2.24) is 0 Å². The number of fused-ring (bicyclic) bond motifs is 2. The van der Waals surface area contributed by atoms with Gasteiger partial charge in [0.05, 0.1) is 12.2 Å². The number of hydrogen-bond acceptors (Lipinski definition) is 3. The van der Waals surface area contributed by atoms with Crippen molar-refractivity contribution >= 4 is 0 Å². The maximum atomic E-state index is 9.40. The van der Waals surface area contributed by atoms with Crippen molar-refractivity contribution in [3.05, 3.63) is 12.2 Å². The van der Waals surface area contributed by atoms with E-state index >= 15 is 0 Å². The van der Waals surface area contributed by atoms with Gasteiger partial charge in [0, 0.05) is 0 Å². The molecular weight excluding hydrogens is 144 g/mol. The highest BCUT2D eigenvalue weighted by atomic mass is 16.5. The van der Waals surface area contributed by atoms with Gasteiger partial charge in [0.1, 0.15) is 12.2 Å². The van der Waals surface area contributed by atoms with Gasteiger partial charge in [0.2, 0.25) is 0 Å². The van der Waals surface area contributed by atoms with E-state index in [1.165, 1.54) is 0 Å². The van der Waals surface area contributed by atoms with Crippen molar-refractivity contribution in [2.45, 2.75) is 37.3 Å². The Hall–Kier alpha value is -0.380. The molecule has 4 atom stereocenters. The van der Waals surface area contributed by atoms with E-state index in [1.54, 1.807) is 0 Å². The van der Waals surface area contributed by atoms with E-state index in [1.807, 2.05) is 0 Å². The summed E-state index contributed by atoms with van der Waals surface area (Å²) in [5.74, 6) is 0. The second kappa shape index (κ2) is 2.30. The number of hydrogen-bond donors (Lipinski definition) is 2. The maximum Gasteiger partial charge on any atom is 0.110 e. The fourth-order valence-electron chi connectivity index (χ4n) is 1.80. The first kappa shape index (κ1) is 7.28. The van der Waals surface area contributed by atoms with Gasteiger partial charge < -0.3 is 14.9 Å². The molecule has 2 heterocycles. The van der Waals surface area contributed by atoms with Crippen LogP contribution in [0.3, 0.4) is 0 Å². The Labute approximate surface area is 65.3 Å². The third kappa shape index (κ3) is 0.922. The zero-order valence-electron chi connectivity index (χ0n) is 6.23. The number of ether oxygens (including phenoxy) is 1. The van der Waals surface area contributed by atoms with E-state index < -0.39 is 12.2 Å². The summed E-state index contributed by atoms with van der Waals surface area (Å²) in [4.78, 5) is 0. The van der Waals surface area contributed by atoms with Crippen LogP contribution in [-0.2, 0) is 4.74 Å². The fourth-order valence-corrected chi connectivity index (χ4v) is 1.80. The van der Waals surface area contributed by atoms with E-state index in [0.717, 1.165) is 12.8 Å². The molecule has 0 aromatic rings. The zero-order chi connectivity index (χ0) is 8.01. The van der Waals surface area contributed by atoms with E-state index in [9.17, 15) is 10.2 Å². The highest BCUT2D eigenvalue weighted by Gasteiger charge is 2.43. The minimum Gasteiger partial charge on any atom is -0.387 e. The molecule has 0 radical (unpaired) electrons. The van der Waals surface area contributed by atoms with E-state index in [-0.39, 0.29) is 12.2 Å². The summed E-state index contributed by atoms with van der Waals surface area (Å²) in [6.07, 6.45) is 0.000833. The average Bonchev–Trinajstić information content (AvgIpc) is 2.44. The first-order valence-electron chi connectivity index (χ1n) is 3.90. The molecule has 2 rings (SSSR count). The first-order chi connectivity index (χ1) is 5.20. The topological polar surface area (TPSA) is 49.7 Å². The third-order valence-electron chi connectivity index (χ3n) is 2.55. The quantitative estimate of drug-likeness (QED) is 0.478. The van der Waals surface area contributed by atoms with Gasteiger partial charge >= 0.3 is 0 Å². The Bertz CT molecular complexity index is 190. The lowest BCUT2D eigenvalue weighted by Gasteiger charge is -2.31. The van der Waals surface area contributed by atoms with Gasteiger partial charge in [-0.15, -0.1) is 0 Å². The Kier molecular flexibility index (Phi) is 1.52. The van der Waals surface area contributed by atoms with Crippen molar-refractivity contribution in [2.75, 3.05) is 0 Å². The SMILES string of the molecule is C=C1[C@@H](O)[C@H](O)[C@@H]2CC[C@H]1O2. The molecule has 3 nitrogen and oxygen atoms in total. The van der Waals surface area contributed by atoms with Gasteiger partial charge in [-0.05, 0) is 18.4 Å². The second-order valence-corrected chi connectivity index (χ2v) is 3.25. The molecule has 11 heavy (non-hydrogen) atoms. The van der Waals surface area contributed by atoms with Crippen LogP contribution in [0.2, 0.25) is 0 Å². The van der Waals surface area contributed by atoms with Crippen molar-refractivity contribution in [2.24, 2.45) is 0 Å². The summed E-state index contributed by atoms with van der Waals surface area (Å²) in [6, 6.07) is 0. The lowest BCUT2D eigenvalue weighted by Crippen LogP contribution is -2.44. The first-order valence-corrected chi connectivity index (χ1v) is 3.90. The van der Waals surface area contributed by atoms with E-state index in [0.29, 0.717) is 5.57 Å². The summed E-state index contributed by atoms with van der Waals surface area (Å²) >= 11 is 0. The van der Waals surface area contributed by atoms with Crippen molar-refractivity contribution in [3.63, 3.8) is 0 Å². The second-order valence-electron chi connectivity index (χ2n) is 3.25. The van der Waals surface area contributed by atoms with Crippen LogP contribution in [0.1, 0.15) is 12.8 Å². The highest BCUT2D eigenvalue weighted by molar-refractivity contribution is 5.18. The third-order valence-corrected chi connectivity index (χ3v) is 2.55. The van der Waals surface area contributed by atoms with Gasteiger partial charge in [-0.3, -0.25) is 0 Å². The molecule has 62 valence electrons. The summed E-state index contributed by atoms with van der Waals surface area (Å²) in [5.41, 5.74) is 0.631. The average molecular weight is 156 g/mol. The molecule has 2 saturated heterocycles. The Balaban J connectivity index is 2.23. The van der Waals surface area contributed by atoms with Gasteiger partial charge in [-0.25, -0.2) is 0 Å². The molecule has 2 N–H and O–H groups in total. The minimum absolute atomic E-state index is 0.0154. The summed E-state index contributed by atoms with van der Waals surface area (Å²) in [7, 11) is 0. The molecule has 3 heteroatoms. The molecule has 2 bridgehead atoms. The van der Waals surface area contributed by atoms with Gasteiger partial charge in [-0.1, -0.05) is 6.58 Å². The minimum atomic E-state index is -0.777. The van der Waals surface area contributed by atoms with E-state index in [4.69, 9.17) is 4.74 Å². The molecule has 0 aromatic carbocycles. The van der Waals surface area contributed by atoms with Crippen molar-refractivity contribution < 1.29 is 14.9 Å². The largest absolute Gasteiger partial charge is 0.387 e. The van der Waals surface area contributed by atoms with Crippen LogP contribution in [0.5, 0.6) is 0 Å². The molecule has 0 spiro atoms. The predicted octanol–water partition coefficient (Wildman–Crippen LogP) is -0.174. The van der Waals surface area contributed by atoms with Gasteiger partial charge in [0.15, 0.2) is 0 Å².